The molecule has 0 amide bonds. The molecule has 2 rings (SSSR count). The lowest BCUT2D eigenvalue weighted by Gasteiger charge is -2.17. The zero-order valence-corrected chi connectivity index (χ0v) is 11.3. The summed E-state index contributed by atoms with van der Waals surface area (Å²) in [6.45, 7) is 3.48. The normalized spacial score (nSPS) is 11.9. The Hall–Kier alpha value is -2.43. The molecule has 0 fully saturated rings. The Morgan fingerprint density at radius 1 is 1.20 bits per heavy atom. The zero-order chi connectivity index (χ0) is 14.7. The van der Waals surface area contributed by atoms with E-state index in [1.807, 2.05) is 6.92 Å². The van der Waals surface area contributed by atoms with Crippen LogP contribution >= 0.6 is 0 Å². The molecule has 0 heterocycles. The lowest BCUT2D eigenvalue weighted by Crippen LogP contribution is -2.10. The maximum atomic E-state index is 13.5. The van der Waals surface area contributed by atoms with E-state index in [0.29, 0.717) is 16.8 Å². The third kappa shape index (κ3) is 2.77. The average Bonchev–Trinajstić information content (AvgIpc) is 2.43. The molecule has 5 heteroatoms. The minimum Gasteiger partial charge on any atom is -0.378 e. The number of rotatable bonds is 4. The second-order valence-corrected chi connectivity index (χ2v) is 4.59. The Morgan fingerprint density at radius 2 is 1.90 bits per heavy atom. The fourth-order valence-electron chi connectivity index (χ4n) is 2.09. The van der Waals surface area contributed by atoms with Gasteiger partial charge in [-0.2, -0.15) is 0 Å². The summed E-state index contributed by atoms with van der Waals surface area (Å²) in [7, 11) is 0. The van der Waals surface area contributed by atoms with Crippen LogP contribution in [0.5, 0.6) is 0 Å². The third-order valence-electron chi connectivity index (χ3n) is 3.24. The number of benzene rings is 2. The van der Waals surface area contributed by atoms with Crippen molar-refractivity contribution in [3.8, 4) is 0 Å². The summed E-state index contributed by atoms with van der Waals surface area (Å²) < 4.78 is 13.5. The molecule has 2 aromatic rings. The van der Waals surface area contributed by atoms with Gasteiger partial charge in [0.15, 0.2) is 0 Å². The van der Waals surface area contributed by atoms with Crippen LogP contribution in [0.2, 0.25) is 0 Å². The van der Waals surface area contributed by atoms with Crippen LogP contribution in [0.4, 0.5) is 15.8 Å². The number of hydrogen-bond acceptors (Lipinski definition) is 3. The number of nitro groups is 1. The van der Waals surface area contributed by atoms with Crippen LogP contribution in [-0.2, 0) is 0 Å². The summed E-state index contributed by atoms with van der Waals surface area (Å²) in [5.74, 6) is -0.301. The van der Waals surface area contributed by atoms with Crippen LogP contribution in [-0.4, -0.2) is 4.92 Å². The van der Waals surface area contributed by atoms with Crippen molar-refractivity contribution in [2.75, 3.05) is 5.32 Å². The van der Waals surface area contributed by atoms with E-state index in [0.717, 1.165) is 0 Å². The molecule has 1 atom stereocenters. The summed E-state index contributed by atoms with van der Waals surface area (Å²) >= 11 is 0. The lowest BCUT2D eigenvalue weighted by atomic mass is 10.1. The highest BCUT2D eigenvalue weighted by molar-refractivity contribution is 5.54. The van der Waals surface area contributed by atoms with Gasteiger partial charge in [-0.3, -0.25) is 10.1 Å². The first-order valence-corrected chi connectivity index (χ1v) is 6.25. The number of nitro benzene ring substituents is 1. The molecule has 4 nitrogen and oxygen atoms in total. The van der Waals surface area contributed by atoms with Crippen LogP contribution in [0.15, 0.2) is 42.5 Å². The van der Waals surface area contributed by atoms with Crippen molar-refractivity contribution in [2.45, 2.75) is 19.9 Å². The Kier molecular flexibility index (Phi) is 3.98. The third-order valence-corrected chi connectivity index (χ3v) is 3.24. The van der Waals surface area contributed by atoms with Crippen molar-refractivity contribution >= 4 is 11.4 Å². The van der Waals surface area contributed by atoms with Crippen LogP contribution in [0.1, 0.15) is 24.1 Å². The lowest BCUT2D eigenvalue weighted by molar-refractivity contribution is -0.385. The molecule has 0 saturated heterocycles. The van der Waals surface area contributed by atoms with Gasteiger partial charge in [-0.15, -0.1) is 0 Å². The Balaban J connectivity index is 2.31. The van der Waals surface area contributed by atoms with E-state index in [-0.39, 0.29) is 17.5 Å². The first kappa shape index (κ1) is 14.0. The van der Waals surface area contributed by atoms with Gasteiger partial charge in [-0.05, 0) is 26.0 Å². The molecule has 0 bridgehead atoms. The van der Waals surface area contributed by atoms with E-state index in [1.165, 1.54) is 12.1 Å². The minimum absolute atomic E-state index is 0.0570. The molecular formula is C15H15FN2O2. The van der Waals surface area contributed by atoms with E-state index in [2.05, 4.69) is 5.32 Å². The Labute approximate surface area is 116 Å². The highest BCUT2D eigenvalue weighted by Crippen LogP contribution is 2.28. The molecule has 0 radical (unpaired) electrons. The van der Waals surface area contributed by atoms with Gasteiger partial charge >= 0.3 is 0 Å². The Bertz CT molecular complexity index is 644. The Morgan fingerprint density at radius 3 is 2.60 bits per heavy atom. The average molecular weight is 274 g/mol. The molecule has 0 aliphatic carbocycles. The number of halogens is 1. The predicted molar refractivity (Wildman–Crippen MR) is 76.3 cm³/mol. The monoisotopic (exact) mass is 274 g/mol. The highest BCUT2D eigenvalue weighted by Gasteiger charge is 2.18. The van der Waals surface area contributed by atoms with E-state index in [9.17, 15) is 14.5 Å². The summed E-state index contributed by atoms with van der Waals surface area (Å²) in [6.07, 6.45) is 0. The van der Waals surface area contributed by atoms with Gasteiger partial charge in [-0.1, -0.05) is 24.3 Å². The van der Waals surface area contributed by atoms with E-state index in [1.54, 1.807) is 37.3 Å². The maximum absolute atomic E-state index is 13.5. The van der Waals surface area contributed by atoms with Gasteiger partial charge in [0, 0.05) is 17.3 Å². The SMILES string of the molecule is Cc1c(F)cccc1NC(C)c1ccccc1[N+](=O)[O-]. The van der Waals surface area contributed by atoms with Gasteiger partial charge in [0.1, 0.15) is 5.82 Å². The summed E-state index contributed by atoms with van der Waals surface area (Å²) in [5, 5.41) is 14.1. The number of hydrogen-bond donors (Lipinski definition) is 1. The molecule has 2 aromatic carbocycles. The molecule has 0 saturated carbocycles. The first-order chi connectivity index (χ1) is 9.50. The van der Waals surface area contributed by atoms with Gasteiger partial charge in [0.05, 0.1) is 16.5 Å². The quantitative estimate of drug-likeness (QED) is 0.671. The first-order valence-electron chi connectivity index (χ1n) is 6.25. The maximum Gasteiger partial charge on any atom is 0.274 e. The van der Waals surface area contributed by atoms with Crippen molar-refractivity contribution in [3.05, 3.63) is 69.5 Å². The van der Waals surface area contributed by atoms with Gasteiger partial charge in [0.2, 0.25) is 0 Å². The summed E-state index contributed by atoms with van der Waals surface area (Å²) in [4.78, 5) is 10.6. The number of anilines is 1. The van der Waals surface area contributed by atoms with Crippen LogP contribution in [0.3, 0.4) is 0 Å². The van der Waals surface area contributed by atoms with E-state index >= 15 is 0 Å². The van der Waals surface area contributed by atoms with Crippen LogP contribution in [0.25, 0.3) is 0 Å². The van der Waals surface area contributed by atoms with Crippen molar-refractivity contribution in [3.63, 3.8) is 0 Å². The second-order valence-electron chi connectivity index (χ2n) is 4.59. The molecule has 0 aliphatic rings. The topological polar surface area (TPSA) is 55.2 Å². The molecule has 0 aromatic heterocycles. The zero-order valence-electron chi connectivity index (χ0n) is 11.3. The molecule has 1 N–H and O–H groups in total. The molecule has 104 valence electrons. The molecule has 20 heavy (non-hydrogen) atoms. The molecule has 0 aliphatic heterocycles. The van der Waals surface area contributed by atoms with Crippen molar-refractivity contribution in [1.82, 2.24) is 0 Å². The molecule has 1 unspecified atom stereocenters. The van der Waals surface area contributed by atoms with Crippen molar-refractivity contribution in [2.24, 2.45) is 0 Å². The highest BCUT2D eigenvalue weighted by atomic mass is 19.1. The second kappa shape index (κ2) is 5.69. The molecule has 0 spiro atoms. The van der Waals surface area contributed by atoms with Gasteiger partial charge < -0.3 is 5.32 Å². The minimum atomic E-state index is -0.411. The summed E-state index contributed by atoms with van der Waals surface area (Å²) in [5.41, 5.74) is 1.76. The summed E-state index contributed by atoms with van der Waals surface area (Å²) in [6, 6.07) is 11.0. The fourth-order valence-corrected chi connectivity index (χ4v) is 2.09. The van der Waals surface area contributed by atoms with Crippen molar-refractivity contribution in [1.29, 1.82) is 0 Å². The number of nitrogens with one attached hydrogen (secondary N) is 1. The fraction of sp³-hybridized carbons (Fsp3) is 0.200. The predicted octanol–water partition coefficient (Wildman–Crippen LogP) is 4.22. The van der Waals surface area contributed by atoms with Crippen molar-refractivity contribution < 1.29 is 9.31 Å². The van der Waals surface area contributed by atoms with E-state index in [4.69, 9.17) is 0 Å². The van der Waals surface area contributed by atoms with Crippen LogP contribution in [0, 0.1) is 22.9 Å². The number of para-hydroxylation sites is 1. The van der Waals surface area contributed by atoms with E-state index < -0.39 is 4.92 Å². The van der Waals surface area contributed by atoms with Gasteiger partial charge in [0.25, 0.3) is 5.69 Å². The number of nitrogens with zero attached hydrogens (tertiary/aromatic N) is 1. The van der Waals surface area contributed by atoms with Gasteiger partial charge in [-0.25, -0.2) is 4.39 Å². The molecular weight excluding hydrogens is 259 g/mol. The standard InChI is InChI=1S/C15H15FN2O2/c1-10-13(16)7-5-8-14(10)17-11(2)12-6-3-4-9-15(12)18(19)20/h3-9,11,17H,1-2H3. The smallest absolute Gasteiger partial charge is 0.274 e. The largest absolute Gasteiger partial charge is 0.378 e. The van der Waals surface area contributed by atoms with Crippen LogP contribution < -0.4 is 5.32 Å².